The molecule has 1 saturated heterocycles. The van der Waals surface area contributed by atoms with Gasteiger partial charge in [-0.3, -0.25) is 4.79 Å². The summed E-state index contributed by atoms with van der Waals surface area (Å²) in [7, 11) is 0. The Kier molecular flexibility index (Phi) is 6.97. The molecule has 1 aromatic carbocycles. The molecule has 0 spiro atoms. The standard InChI is InChI=1S/C16H20N4O2S3/c1-2-23-15-18-19-16(25-15)24-11-14(21)17-12-3-5-13(6-4-12)20-7-9-22-10-8-20/h3-6H,2,7-11H2,1H3,(H,17,21). The number of carbonyl (C=O) groups is 1. The molecule has 9 heteroatoms. The van der Waals surface area contributed by atoms with Gasteiger partial charge in [0.2, 0.25) is 5.91 Å². The van der Waals surface area contributed by atoms with E-state index in [1.165, 1.54) is 23.1 Å². The number of anilines is 2. The minimum Gasteiger partial charge on any atom is -0.378 e. The minimum absolute atomic E-state index is 0.0379. The summed E-state index contributed by atoms with van der Waals surface area (Å²) in [4.78, 5) is 14.4. The molecule has 0 atom stereocenters. The zero-order chi connectivity index (χ0) is 17.5. The van der Waals surface area contributed by atoms with E-state index >= 15 is 0 Å². The highest BCUT2D eigenvalue weighted by molar-refractivity contribution is 8.03. The van der Waals surface area contributed by atoms with Crippen LogP contribution in [0.1, 0.15) is 6.92 Å². The molecule has 0 radical (unpaired) electrons. The molecular weight excluding hydrogens is 376 g/mol. The minimum atomic E-state index is -0.0379. The van der Waals surface area contributed by atoms with E-state index in [1.807, 2.05) is 24.3 Å². The first-order chi connectivity index (χ1) is 12.2. The number of aromatic nitrogens is 2. The van der Waals surface area contributed by atoms with E-state index in [9.17, 15) is 4.79 Å². The molecule has 1 fully saturated rings. The van der Waals surface area contributed by atoms with Crippen molar-refractivity contribution in [2.75, 3.05) is 48.0 Å². The van der Waals surface area contributed by atoms with Gasteiger partial charge in [-0.1, -0.05) is 41.8 Å². The molecule has 0 unspecified atom stereocenters. The number of thioether (sulfide) groups is 2. The van der Waals surface area contributed by atoms with Crippen molar-refractivity contribution in [1.29, 1.82) is 0 Å². The van der Waals surface area contributed by atoms with Crippen LogP contribution in [0, 0.1) is 0 Å². The van der Waals surface area contributed by atoms with Crippen LogP contribution in [-0.2, 0) is 9.53 Å². The van der Waals surface area contributed by atoms with Crippen LogP contribution in [0.4, 0.5) is 11.4 Å². The number of ether oxygens (including phenoxy) is 1. The summed E-state index contributed by atoms with van der Waals surface area (Å²) >= 11 is 4.61. The molecule has 0 aliphatic carbocycles. The van der Waals surface area contributed by atoms with Gasteiger partial charge in [-0.25, -0.2) is 0 Å². The Labute approximate surface area is 159 Å². The lowest BCUT2D eigenvalue weighted by Crippen LogP contribution is -2.36. The summed E-state index contributed by atoms with van der Waals surface area (Å²) < 4.78 is 7.14. The third-order valence-electron chi connectivity index (χ3n) is 3.51. The summed E-state index contributed by atoms with van der Waals surface area (Å²) in [5, 5.41) is 11.1. The normalized spacial score (nSPS) is 14.5. The first-order valence-electron chi connectivity index (χ1n) is 8.06. The third kappa shape index (κ3) is 5.60. The number of carbonyl (C=O) groups excluding carboxylic acids is 1. The Morgan fingerprint density at radius 2 is 1.88 bits per heavy atom. The second kappa shape index (κ2) is 9.42. The molecule has 1 aromatic heterocycles. The Bertz CT molecular complexity index is 687. The van der Waals surface area contributed by atoms with Crippen LogP contribution in [0.15, 0.2) is 32.9 Å². The molecule has 2 heterocycles. The van der Waals surface area contributed by atoms with Crippen LogP contribution in [-0.4, -0.2) is 53.9 Å². The number of benzene rings is 1. The van der Waals surface area contributed by atoms with E-state index < -0.39 is 0 Å². The quantitative estimate of drug-likeness (QED) is 0.721. The summed E-state index contributed by atoms with van der Waals surface area (Å²) in [6, 6.07) is 7.95. The van der Waals surface area contributed by atoms with E-state index in [1.54, 1.807) is 11.8 Å². The molecule has 1 aliphatic rings. The highest BCUT2D eigenvalue weighted by Gasteiger charge is 2.12. The SMILES string of the molecule is CCSc1nnc(SCC(=O)Nc2ccc(N3CCOCC3)cc2)s1. The monoisotopic (exact) mass is 396 g/mol. The highest BCUT2D eigenvalue weighted by atomic mass is 32.2. The van der Waals surface area contributed by atoms with Gasteiger partial charge in [0.05, 0.1) is 19.0 Å². The molecule has 2 aromatic rings. The Morgan fingerprint density at radius 1 is 1.20 bits per heavy atom. The van der Waals surface area contributed by atoms with Crippen molar-refractivity contribution >= 4 is 52.1 Å². The fourth-order valence-electron chi connectivity index (χ4n) is 2.34. The molecule has 0 saturated carbocycles. The van der Waals surface area contributed by atoms with E-state index in [0.29, 0.717) is 5.75 Å². The number of nitrogens with zero attached hydrogens (tertiary/aromatic N) is 3. The number of hydrogen-bond acceptors (Lipinski definition) is 8. The fraction of sp³-hybridized carbons (Fsp3) is 0.438. The van der Waals surface area contributed by atoms with Crippen LogP contribution >= 0.6 is 34.9 Å². The molecule has 3 rings (SSSR count). The predicted molar refractivity (Wildman–Crippen MR) is 105 cm³/mol. The Morgan fingerprint density at radius 3 is 2.56 bits per heavy atom. The van der Waals surface area contributed by atoms with Crippen molar-refractivity contribution < 1.29 is 9.53 Å². The number of nitrogens with one attached hydrogen (secondary N) is 1. The third-order valence-corrected chi connectivity index (χ3v) is 6.58. The van der Waals surface area contributed by atoms with Gasteiger partial charge in [0.25, 0.3) is 0 Å². The van der Waals surface area contributed by atoms with E-state index in [4.69, 9.17) is 4.74 Å². The molecule has 0 bridgehead atoms. The van der Waals surface area contributed by atoms with Crippen LogP contribution in [0.25, 0.3) is 0 Å². The summed E-state index contributed by atoms with van der Waals surface area (Å²) in [5.74, 6) is 1.26. The highest BCUT2D eigenvalue weighted by Crippen LogP contribution is 2.28. The van der Waals surface area contributed by atoms with Crippen molar-refractivity contribution in [3.05, 3.63) is 24.3 Å². The Balaban J connectivity index is 1.47. The van der Waals surface area contributed by atoms with Crippen molar-refractivity contribution in [3.63, 3.8) is 0 Å². The second-order valence-electron chi connectivity index (χ2n) is 5.25. The summed E-state index contributed by atoms with van der Waals surface area (Å²) in [6.45, 7) is 5.42. The summed E-state index contributed by atoms with van der Waals surface area (Å²) in [6.07, 6.45) is 0. The lowest BCUT2D eigenvalue weighted by atomic mass is 10.2. The van der Waals surface area contributed by atoms with Gasteiger partial charge in [0.1, 0.15) is 0 Å². The molecule has 1 aliphatic heterocycles. The second-order valence-corrected chi connectivity index (χ2v) is 8.96. The van der Waals surface area contributed by atoms with Crippen LogP contribution < -0.4 is 10.2 Å². The first-order valence-corrected chi connectivity index (χ1v) is 10.8. The predicted octanol–water partition coefficient (Wildman–Crippen LogP) is 3.22. The maximum Gasteiger partial charge on any atom is 0.234 e. The smallest absolute Gasteiger partial charge is 0.234 e. The lowest BCUT2D eigenvalue weighted by molar-refractivity contribution is -0.113. The van der Waals surface area contributed by atoms with Crippen molar-refractivity contribution in [1.82, 2.24) is 10.2 Å². The van der Waals surface area contributed by atoms with Crippen LogP contribution in [0.2, 0.25) is 0 Å². The van der Waals surface area contributed by atoms with Crippen molar-refractivity contribution in [3.8, 4) is 0 Å². The topological polar surface area (TPSA) is 67.4 Å². The van der Waals surface area contributed by atoms with Gasteiger partial charge in [0, 0.05) is 24.5 Å². The van der Waals surface area contributed by atoms with Gasteiger partial charge >= 0.3 is 0 Å². The zero-order valence-electron chi connectivity index (χ0n) is 13.9. The molecule has 134 valence electrons. The van der Waals surface area contributed by atoms with Gasteiger partial charge in [-0.05, 0) is 30.0 Å². The fourth-order valence-corrected chi connectivity index (χ4v) is 5.06. The van der Waals surface area contributed by atoms with E-state index in [-0.39, 0.29) is 5.91 Å². The molecule has 25 heavy (non-hydrogen) atoms. The van der Waals surface area contributed by atoms with Crippen molar-refractivity contribution in [2.45, 2.75) is 15.6 Å². The number of morpholine rings is 1. The maximum atomic E-state index is 12.1. The maximum absolute atomic E-state index is 12.1. The first kappa shape index (κ1) is 18.5. The average molecular weight is 397 g/mol. The number of hydrogen-bond donors (Lipinski definition) is 1. The van der Waals surface area contributed by atoms with Gasteiger partial charge in [0.15, 0.2) is 8.68 Å². The van der Waals surface area contributed by atoms with Crippen LogP contribution in [0.5, 0.6) is 0 Å². The molecule has 6 nitrogen and oxygen atoms in total. The Hall–Kier alpha value is -1.29. The van der Waals surface area contributed by atoms with E-state index in [0.717, 1.165) is 52.1 Å². The van der Waals surface area contributed by atoms with E-state index in [2.05, 4.69) is 27.3 Å². The number of rotatable bonds is 7. The van der Waals surface area contributed by atoms with Crippen molar-refractivity contribution in [2.24, 2.45) is 0 Å². The summed E-state index contributed by atoms with van der Waals surface area (Å²) in [5.41, 5.74) is 1.97. The molecule has 1 amide bonds. The molecule has 1 N–H and O–H groups in total. The van der Waals surface area contributed by atoms with Gasteiger partial charge < -0.3 is 15.0 Å². The lowest BCUT2D eigenvalue weighted by Gasteiger charge is -2.28. The number of amides is 1. The zero-order valence-corrected chi connectivity index (χ0v) is 16.4. The largest absolute Gasteiger partial charge is 0.378 e. The average Bonchev–Trinajstić information content (AvgIpc) is 3.09. The van der Waals surface area contributed by atoms with Crippen LogP contribution in [0.3, 0.4) is 0 Å². The van der Waals surface area contributed by atoms with Gasteiger partial charge in [-0.15, -0.1) is 10.2 Å². The van der Waals surface area contributed by atoms with Gasteiger partial charge in [-0.2, -0.15) is 0 Å². The molecular formula is C16H20N4O2S3.